The average Bonchev–Trinajstić information content (AvgIpc) is 2.05. The molecule has 1 fully saturated rings. The van der Waals surface area contributed by atoms with Crippen LogP contribution in [0.15, 0.2) is 24.3 Å². The molecule has 1 saturated carbocycles. The third-order valence-corrected chi connectivity index (χ3v) is 2.37. The highest BCUT2D eigenvalue weighted by molar-refractivity contribution is 5.04. The van der Waals surface area contributed by atoms with Crippen molar-refractivity contribution >= 4 is 0 Å². The van der Waals surface area contributed by atoms with E-state index in [2.05, 4.69) is 12.2 Å². The molecule has 1 N–H and O–H groups in total. The van der Waals surface area contributed by atoms with Crippen LogP contribution in [0.4, 0.5) is 0 Å². The van der Waals surface area contributed by atoms with Gasteiger partial charge >= 0.3 is 0 Å². The zero-order valence-corrected chi connectivity index (χ0v) is 7.74. The van der Waals surface area contributed by atoms with E-state index in [4.69, 9.17) is 0 Å². The first-order valence-electron chi connectivity index (χ1n) is 4.80. The topological polar surface area (TPSA) is 20.2 Å². The summed E-state index contributed by atoms with van der Waals surface area (Å²) < 4.78 is 0. The van der Waals surface area contributed by atoms with Crippen LogP contribution in [-0.4, -0.2) is 11.2 Å². The van der Waals surface area contributed by atoms with E-state index in [1.165, 1.54) is 12.8 Å². The van der Waals surface area contributed by atoms with Gasteiger partial charge in [0.05, 0.1) is 6.10 Å². The predicted molar refractivity (Wildman–Crippen MR) is 51.9 cm³/mol. The van der Waals surface area contributed by atoms with Gasteiger partial charge in [0.15, 0.2) is 0 Å². The van der Waals surface area contributed by atoms with Gasteiger partial charge in [-0.15, -0.1) is 0 Å². The molecule has 0 unspecified atom stereocenters. The Morgan fingerprint density at radius 3 is 2.75 bits per heavy atom. The largest absolute Gasteiger partial charge is 0.393 e. The van der Waals surface area contributed by atoms with E-state index in [0.717, 1.165) is 12.8 Å². The SMILES string of the molecule is C/C=C/C=C/[C@@H]1CCC[C@H](O)C1. The summed E-state index contributed by atoms with van der Waals surface area (Å²) in [4.78, 5) is 0. The van der Waals surface area contributed by atoms with Crippen molar-refractivity contribution in [2.75, 3.05) is 0 Å². The molecule has 1 nitrogen and oxygen atoms in total. The molecule has 0 radical (unpaired) electrons. The molecule has 0 amide bonds. The highest BCUT2D eigenvalue weighted by atomic mass is 16.3. The summed E-state index contributed by atoms with van der Waals surface area (Å²) >= 11 is 0. The molecule has 12 heavy (non-hydrogen) atoms. The maximum atomic E-state index is 9.38. The van der Waals surface area contributed by atoms with Crippen LogP contribution in [0.5, 0.6) is 0 Å². The van der Waals surface area contributed by atoms with E-state index in [-0.39, 0.29) is 6.10 Å². The van der Waals surface area contributed by atoms with E-state index in [9.17, 15) is 5.11 Å². The second-order valence-corrected chi connectivity index (χ2v) is 3.49. The maximum Gasteiger partial charge on any atom is 0.0545 e. The molecule has 0 aromatic rings. The molecular weight excluding hydrogens is 148 g/mol. The summed E-state index contributed by atoms with van der Waals surface area (Å²) in [5, 5.41) is 9.38. The number of aliphatic hydroxyl groups excluding tert-OH is 1. The fourth-order valence-corrected chi connectivity index (χ4v) is 1.71. The van der Waals surface area contributed by atoms with Crippen LogP contribution in [0, 0.1) is 5.92 Å². The minimum absolute atomic E-state index is 0.0565. The van der Waals surface area contributed by atoms with E-state index in [1.807, 2.05) is 19.1 Å². The Morgan fingerprint density at radius 1 is 1.25 bits per heavy atom. The van der Waals surface area contributed by atoms with Crippen LogP contribution >= 0.6 is 0 Å². The molecule has 1 rings (SSSR count). The molecule has 0 aromatic carbocycles. The maximum absolute atomic E-state index is 9.38. The third-order valence-electron chi connectivity index (χ3n) is 2.37. The van der Waals surface area contributed by atoms with E-state index >= 15 is 0 Å². The molecule has 0 spiro atoms. The standard InChI is InChI=1S/C11H18O/c1-2-3-4-6-10-7-5-8-11(12)9-10/h2-4,6,10-12H,5,7-9H2,1H3/b3-2+,6-4+/t10-,11+/m1/s1. The minimum Gasteiger partial charge on any atom is -0.393 e. The van der Waals surface area contributed by atoms with E-state index in [0.29, 0.717) is 5.92 Å². The van der Waals surface area contributed by atoms with Crippen molar-refractivity contribution in [2.45, 2.75) is 38.7 Å². The summed E-state index contributed by atoms with van der Waals surface area (Å²) in [5.41, 5.74) is 0. The van der Waals surface area contributed by atoms with Crippen molar-refractivity contribution < 1.29 is 5.11 Å². The zero-order chi connectivity index (χ0) is 8.81. The highest BCUT2D eigenvalue weighted by Gasteiger charge is 2.17. The Bertz CT molecular complexity index is 170. The lowest BCUT2D eigenvalue weighted by atomic mass is 9.87. The van der Waals surface area contributed by atoms with Gasteiger partial charge in [-0.05, 0) is 32.1 Å². The van der Waals surface area contributed by atoms with Gasteiger partial charge in [-0.2, -0.15) is 0 Å². The Labute approximate surface area is 74.8 Å². The molecule has 68 valence electrons. The third kappa shape index (κ3) is 3.22. The Kier molecular flexibility index (Phi) is 4.09. The molecule has 1 heteroatoms. The van der Waals surface area contributed by atoms with Crippen molar-refractivity contribution in [3.8, 4) is 0 Å². The lowest BCUT2D eigenvalue weighted by molar-refractivity contribution is 0.113. The van der Waals surface area contributed by atoms with Crippen molar-refractivity contribution in [1.29, 1.82) is 0 Å². The van der Waals surface area contributed by atoms with Gasteiger partial charge in [0.2, 0.25) is 0 Å². The van der Waals surface area contributed by atoms with Gasteiger partial charge in [-0.1, -0.05) is 30.7 Å². The van der Waals surface area contributed by atoms with Crippen molar-refractivity contribution in [1.82, 2.24) is 0 Å². The lowest BCUT2D eigenvalue weighted by Crippen LogP contribution is -2.17. The minimum atomic E-state index is -0.0565. The molecule has 0 saturated heterocycles. The van der Waals surface area contributed by atoms with E-state index in [1.54, 1.807) is 0 Å². The second kappa shape index (κ2) is 5.15. The molecule has 0 bridgehead atoms. The predicted octanol–water partition coefficient (Wildman–Crippen LogP) is 2.67. The Morgan fingerprint density at radius 2 is 2.08 bits per heavy atom. The molecule has 2 atom stereocenters. The molecule has 0 heterocycles. The van der Waals surface area contributed by atoms with Crippen molar-refractivity contribution in [3.63, 3.8) is 0 Å². The summed E-state index contributed by atoms with van der Waals surface area (Å²) in [5.74, 6) is 0.602. The van der Waals surface area contributed by atoms with Crippen LogP contribution in [0.25, 0.3) is 0 Å². The Balaban J connectivity index is 2.31. The molecular formula is C11H18O. The molecule has 1 aliphatic carbocycles. The van der Waals surface area contributed by atoms with Crippen LogP contribution in [-0.2, 0) is 0 Å². The molecule has 0 aliphatic heterocycles. The number of aliphatic hydroxyl groups is 1. The summed E-state index contributed by atoms with van der Waals surface area (Å²) in [6, 6.07) is 0. The zero-order valence-electron chi connectivity index (χ0n) is 7.74. The number of rotatable bonds is 2. The first-order chi connectivity index (χ1) is 5.83. The quantitative estimate of drug-likeness (QED) is 0.625. The Hall–Kier alpha value is -0.560. The molecule has 0 aromatic heterocycles. The smallest absolute Gasteiger partial charge is 0.0545 e. The normalized spacial score (nSPS) is 31.8. The second-order valence-electron chi connectivity index (χ2n) is 3.49. The van der Waals surface area contributed by atoms with Crippen LogP contribution in [0.1, 0.15) is 32.6 Å². The monoisotopic (exact) mass is 166 g/mol. The van der Waals surface area contributed by atoms with Gasteiger partial charge in [0, 0.05) is 0 Å². The summed E-state index contributed by atoms with van der Waals surface area (Å²) in [7, 11) is 0. The van der Waals surface area contributed by atoms with Crippen LogP contribution in [0.2, 0.25) is 0 Å². The summed E-state index contributed by atoms with van der Waals surface area (Å²) in [6.07, 6.45) is 12.7. The number of hydrogen-bond donors (Lipinski definition) is 1. The van der Waals surface area contributed by atoms with E-state index < -0.39 is 0 Å². The lowest BCUT2D eigenvalue weighted by Gasteiger charge is -2.22. The van der Waals surface area contributed by atoms with Crippen molar-refractivity contribution in [3.05, 3.63) is 24.3 Å². The number of allylic oxidation sites excluding steroid dienone is 4. The van der Waals surface area contributed by atoms with Crippen molar-refractivity contribution in [2.24, 2.45) is 5.92 Å². The number of hydrogen-bond acceptors (Lipinski definition) is 1. The van der Waals surface area contributed by atoms with Gasteiger partial charge in [-0.25, -0.2) is 0 Å². The van der Waals surface area contributed by atoms with Gasteiger partial charge in [0.25, 0.3) is 0 Å². The van der Waals surface area contributed by atoms with Crippen LogP contribution in [0.3, 0.4) is 0 Å². The first-order valence-corrected chi connectivity index (χ1v) is 4.80. The van der Waals surface area contributed by atoms with Gasteiger partial charge in [0.1, 0.15) is 0 Å². The van der Waals surface area contributed by atoms with Gasteiger partial charge < -0.3 is 5.11 Å². The van der Waals surface area contributed by atoms with Crippen LogP contribution < -0.4 is 0 Å². The van der Waals surface area contributed by atoms with Gasteiger partial charge in [-0.3, -0.25) is 0 Å². The molecule has 1 aliphatic rings. The fraction of sp³-hybridized carbons (Fsp3) is 0.636. The first kappa shape index (κ1) is 9.53. The fourth-order valence-electron chi connectivity index (χ4n) is 1.71. The summed E-state index contributed by atoms with van der Waals surface area (Å²) in [6.45, 7) is 2.01. The highest BCUT2D eigenvalue weighted by Crippen LogP contribution is 2.24. The average molecular weight is 166 g/mol.